The van der Waals surface area contributed by atoms with Gasteiger partial charge in [0.25, 0.3) is 0 Å². The lowest BCUT2D eigenvalue weighted by molar-refractivity contribution is -0.231. The fraction of sp³-hybridized carbons (Fsp3) is 1.00. The summed E-state index contributed by atoms with van der Waals surface area (Å²) in [6.07, 6.45) is 4.05. The highest BCUT2D eigenvalue weighted by Crippen LogP contribution is 2.74. The predicted molar refractivity (Wildman–Crippen MR) is 108 cm³/mol. The molecule has 3 aliphatic carbocycles. The van der Waals surface area contributed by atoms with E-state index >= 15 is 0 Å². The molecular weight excluding hydrogens is 288 g/mol. The van der Waals surface area contributed by atoms with E-state index < -0.39 is 0 Å². The van der Waals surface area contributed by atoms with Gasteiger partial charge in [-0.15, -0.1) is 0 Å². The van der Waals surface area contributed by atoms with Gasteiger partial charge in [0, 0.05) is 0 Å². The van der Waals surface area contributed by atoms with E-state index in [0.29, 0.717) is 43.8 Å². The van der Waals surface area contributed by atoms with Gasteiger partial charge in [-0.05, 0) is 63.1 Å². The second-order valence-corrected chi connectivity index (χ2v) is 13.6. The maximum absolute atomic E-state index is 2.60. The van der Waals surface area contributed by atoms with Gasteiger partial charge in [0.15, 0.2) is 0 Å². The summed E-state index contributed by atoms with van der Waals surface area (Å²) >= 11 is 0. The van der Waals surface area contributed by atoms with E-state index in [4.69, 9.17) is 0 Å². The number of fused-ring (bicyclic) bond motifs is 6. The molecule has 0 aliphatic heterocycles. The van der Waals surface area contributed by atoms with Gasteiger partial charge < -0.3 is 0 Å². The molecule has 24 heavy (non-hydrogen) atoms. The van der Waals surface area contributed by atoms with Crippen LogP contribution >= 0.6 is 0 Å². The summed E-state index contributed by atoms with van der Waals surface area (Å²) in [6, 6.07) is 0. The third-order valence-electron chi connectivity index (χ3n) is 10.0. The summed E-state index contributed by atoms with van der Waals surface area (Å²) in [7, 11) is 0. The maximum Gasteiger partial charge on any atom is -0.0245 e. The Hall–Kier alpha value is 0. The van der Waals surface area contributed by atoms with Crippen molar-refractivity contribution in [3.8, 4) is 0 Å². The van der Waals surface area contributed by atoms with Crippen molar-refractivity contribution in [3.63, 3.8) is 0 Å². The molecule has 3 aliphatic rings. The van der Waals surface area contributed by atoms with Crippen molar-refractivity contribution in [2.24, 2.45) is 43.8 Å². The highest BCUT2D eigenvalue weighted by Gasteiger charge is 2.67. The van der Waals surface area contributed by atoms with Crippen LogP contribution < -0.4 is 0 Å². The van der Waals surface area contributed by atoms with Crippen molar-refractivity contribution in [2.75, 3.05) is 0 Å². The van der Waals surface area contributed by atoms with Gasteiger partial charge in [-0.3, -0.25) is 0 Å². The third kappa shape index (κ3) is 2.44. The average molecular weight is 335 g/mol. The first-order valence-corrected chi connectivity index (χ1v) is 10.2. The highest BCUT2D eigenvalue weighted by atomic mass is 14.7. The number of hydrogen-bond acceptors (Lipinski definition) is 0. The van der Waals surface area contributed by atoms with Crippen LogP contribution in [0.2, 0.25) is 0 Å². The van der Waals surface area contributed by atoms with Gasteiger partial charge in [-0.2, -0.15) is 0 Å². The van der Waals surface area contributed by atoms with E-state index in [1.54, 1.807) is 0 Å². The fourth-order valence-corrected chi connectivity index (χ4v) is 7.95. The van der Waals surface area contributed by atoms with E-state index in [-0.39, 0.29) is 0 Å². The first-order chi connectivity index (χ1) is 10.2. The van der Waals surface area contributed by atoms with Crippen molar-refractivity contribution in [1.29, 1.82) is 0 Å². The standard InChI is InChI=1S/C24H46/c1-18(2)14-24(13)15-19(3,4)22(9,10)17(21(18,7)8)23(11,12)20(5,6)16-24/h17H,14-16H2,1-13H3. The molecule has 0 amide bonds. The molecule has 3 saturated carbocycles. The lowest BCUT2D eigenvalue weighted by atomic mass is 9.33. The zero-order valence-electron chi connectivity index (χ0n) is 19.2. The summed E-state index contributed by atoms with van der Waals surface area (Å²) in [5, 5.41) is 0. The van der Waals surface area contributed by atoms with Crippen LogP contribution in [-0.2, 0) is 0 Å². The van der Waals surface area contributed by atoms with E-state index in [1.165, 1.54) is 19.3 Å². The molecule has 0 aromatic carbocycles. The molecule has 142 valence electrons. The molecule has 0 heteroatoms. The monoisotopic (exact) mass is 334 g/mol. The Morgan fingerprint density at radius 2 is 0.625 bits per heavy atom. The Morgan fingerprint density at radius 1 is 0.417 bits per heavy atom. The molecule has 0 heterocycles. The average Bonchev–Trinajstić information content (AvgIpc) is 2.20. The normalized spacial score (nSPS) is 41.1. The number of hydrogen-bond donors (Lipinski definition) is 0. The van der Waals surface area contributed by atoms with Crippen LogP contribution in [0.1, 0.15) is 109 Å². The molecule has 2 bridgehead atoms. The molecule has 3 fully saturated rings. The molecular formula is C24H46. The molecule has 0 aromatic heterocycles. The van der Waals surface area contributed by atoms with Crippen LogP contribution in [-0.4, -0.2) is 0 Å². The van der Waals surface area contributed by atoms with Gasteiger partial charge in [-0.1, -0.05) is 90.0 Å². The molecule has 0 atom stereocenters. The van der Waals surface area contributed by atoms with E-state index in [9.17, 15) is 0 Å². The van der Waals surface area contributed by atoms with Gasteiger partial charge in [0.1, 0.15) is 0 Å². The minimum atomic E-state index is 0.302. The van der Waals surface area contributed by atoms with E-state index in [1.807, 2.05) is 0 Å². The Kier molecular flexibility index (Phi) is 4.09. The highest BCUT2D eigenvalue weighted by molar-refractivity contribution is 5.15. The topological polar surface area (TPSA) is 0 Å². The van der Waals surface area contributed by atoms with Crippen molar-refractivity contribution < 1.29 is 0 Å². The van der Waals surface area contributed by atoms with Gasteiger partial charge in [-0.25, -0.2) is 0 Å². The van der Waals surface area contributed by atoms with Crippen LogP contribution in [0, 0.1) is 43.8 Å². The summed E-state index contributed by atoms with van der Waals surface area (Å²) in [5.41, 5.74) is 2.38. The Labute approximate surface area is 153 Å². The SMILES string of the molecule is CC12CC(C)(C)C(C)(C)C(C(C)(C)C(C)(C)C1)C(C)(C)C(C)(C)C2. The van der Waals surface area contributed by atoms with Crippen LogP contribution in [0.5, 0.6) is 0 Å². The second-order valence-electron chi connectivity index (χ2n) is 13.6. The third-order valence-corrected chi connectivity index (χ3v) is 10.0. The van der Waals surface area contributed by atoms with E-state index in [2.05, 4.69) is 90.0 Å². The molecule has 0 saturated heterocycles. The van der Waals surface area contributed by atoms with Crippen molar-refractivity contribution in [1.82, 2.24) is 0 Å². The van der Waals surface area contributed by atoms with Crippen molar-refractivity contribution >= 4 is 0 Å². The molecule has 0 N–H and O–H groups in total. The van der Waals surface area contributed by atoms with E-state index in [0.717, 1.165) is 0 Å². The molecule has 0 unspecified atom stereocenters. The van der Waals surface area contributed by atoms with Gasteiger partial charge >= 0.3 is 0 Å². The Bertz CT molecular complexity index is 436. The zero-order valence-corrected chi connectivity index (χ0v) is 19.2. The van der Waals surface area contributed by atoms with Crippen LogP contribution in [0.4, 0.5) is 0 Å². The smallest absolute Gasteiger partial charge is 0.0245 e. The quantitative estimate of drug-likeness (QED) is 0.421. The minimum Gasteiger partial charge on any atom is -0.0596 e. The van der Waals surface area contributed by atoms with Crippen LogP contribution in [0.3, 0.4) is 0 Å². The van der Waals surface area contributed by atoms with Gasteiger partial charge in [0.2, 0.25) is 0 Å². The summed E-state index contributed by atoms with van der Waals surface area (Å²) in [4.78, 5) is 0. The summed E-state index contributed by atoms with van der Waals surface area (Å²) in [6.45, 7) is 33.5. The fourth-order valence-electron chi connectivity index (χ4n) is 7.95. The first-order valence-electron chi connectivity index (χ1n) is 10.2. The van der Waals surface area contributed by atoms with Gasteiger partial charge in [0.05, 0.1) is 0 Å². The van der Waals surface area contributed by atoms with Crippen molar-refractivity contribution in [2.45, 2.75) is 109 Å². The molecule has 3 rings (SSSR count). The van der Waals surface area contributed by atoms with Crippen LogP contribution in [0.15, 0.2) is 0 Å². The minimum absolute atomic E-state index is 0.302. The predicted octanol–water partition coefficient (Wildman–Crippen LogP) is 7.96. The lowest BCUT2D eigenvalue weighted by Crippen LogP contribution is -2.65. The van der Waals surface area contributed by atoms with Crippen LogP contribution in [0.25, 0.3) is 0 Å². The zero-order chi connectivity index (χ0) is 19.2. The van der Waals surface area contributed by atoms with Crippen molar-refractivity contribution in [3.05, 3.63) is 0 Å². The molecule has 0 radical (unpaired) electrons. The summed E-state index contributed by atoms with van der Waals surface area (Å²) < 4.78 is 0. The first kappa shape index (κ1) is 20.3. The number of rotatable bonds is 0. The molecule has 0 spiro atoms. The summed E-state index contributed by atoms with van der Waals surface area (Å²) in [5.74, 6) is 0.683. The Morgan fingerprint density at radius 3 is 0.833 bits per heavy atom. The Balaban J connectivity index is 2.91. The largest absolute Gasteiger partial charge is 0.0596 e. The molecule has 0 aromatic rings. The lowest BCUT2D eigenvalue weighted by Gasteiger charge is -2.72. The maximum atomic E-state index is 2.60. The second kappa shape index (κ2) is 4.83. The molecule has 0 nitrogen and oxygen atoms in total.